The zero-order valence-corrected chi connectivity index (χ0v) is 11.6. The summed E-state index contributed by atoms with van der Waals surface area (Å²) in [5.74, 6) is 0.907. The highest BCUT2D eigenvalue weighted by Gasteiger charge is 2.26. The van der Waals surface area contributed by atoms with Crippen LogP contribution in [-0.2, 0) is 11.2 Å². The molecule has 4 nitrogen and oxygen atoms in total. The number of carbonyl (C=O) groups excluding carboxylic acids is 1. The summed E-state index contributed by atoms with van der Waals surface area (Å²) in [6.45, 7) is 2.06. The summed E-state index contributed by atoms with van der Waals surface area (Å²) in [6.07, 6.45) is 3.97. The lowest BCUT2D eigenvalue weighted by Gasteiger charge is -2.04. The van der Waals surface area contributed by atoms with Crippen LogP contribution < -0.4 is 4.74 Å². The fourth-order valence-corrected chi connectivity index (χ4v) is 2.52. The first-order valence-corrected chi connectivity index (χ1v) is 6.75. The van der Waals surface area contributed by atoms with Gasteiger partial charge in [0.05, 0.1) is 12.8 Å². The summed E-state index contributed by atoms with van der Waals surface area (Å²) >= 11 is 0. The topological polar surface area (TPSA) is 51.0 Å². The van der Waals surface area contributed by atoms with Crippen LogP contribution in [0.5, 0.6) is 5.75 Å². The average molecular weight is 268 g/mol. The van der Waals surface area contributed by atoms with Crippen molar-refractivity contribution < 1.29 is 9.53 Å². The molecule has 2 aliphatic rings. The van der Waals surface area contributed by atoms with Gasteiger partial charge < -0.3 is 4.74 Å². The third-order valence-corrected chi connectivity index (χ3v) is 3.68. The molecule has 1 aliphatic heterocycles. The molecule has 1 aromatic rings. The third kappa shape index (κ3) is 2.18. The van der Waals surface area contributed by atoms with Crippen molar-refractivity contribution in [2.45, 2.75) is 26.2 Å². The van der Waals surface area contributed by atoms with Gasteiger partial charge in [0.25, 0.3) is 0 Å². The summed E-state index contributed by atoms with van der Waals surface area (Å²) in [6, 6.07) is 5.76. The van der Waals surface area contributed by atoms with Crippen LogP contribution in [0.2, 0.25) is 0 Å². The Morgan fingerprint density at radius 2 is 2.15 bits per heavy atom. The molecule has 0 radical (unpaired) electrons. The number of benzene rings is 1. The average Bonchev–Trinajstić information content (AvgIpc) is 3.04. The fraction of sp³-hybridized carbons (Fsp3) is 0.312. The summed E-state index contributed by atoms with van der Waals surface area (Å²) in [4.78, 5) is 12.2. The first-order chi connectivity index (χ1) is 9.71. The van der Waals surface area contributed by atoms with E-state index in [1.807, 2.05) is 24.3 Å². The molecule has 0 atom stereocenters. The van der Waals surface area contributed by atoms with Crippen molar-refractivity contribution in [1.82, 2.24) is 0 Å². The number of carbonyl (C=O) groups is 1. The lowest BCUT2D eigenvalue weighted by molar-refractivity contribution is -0.112. The molecule has 0 bridgehead atoms. The minimum Gasteiger partial charge on any atom is -0.497 e. The Morgan fingerprint density at radius 3 is 2.85 bits per heavy atom. The number of fused-ring (bicyclic) bond motifs is 1. The van der Waals surface area contributed by atoms with Crippen molar-refractivity contribution in [2.24, 2.45) is 10.2 Å². The first-order valence-electron chi connectivity index (χ1n) is 6.75. The molecule has 3 rings (SSSR count). The van der Waals surface area contributed by atoms with E-state index >= 15 is 0 Å². The lowest BCUT2D eigenvalue weighted by atomic mass is 10.0. The maximum absolute atomic E-state index is 12.2. The van der Waals surface area contributed by atoms with Crippen LogP contribution in [-0.4, -0.2) is 24.3 Å². The zero-order chi connectivity index (χ0) is 14.1. The van der Waals surface area contributed by atoms with Gasteiger partial charge in [0, 0.05) is 24.1 Å². The number of Topliss-reactive ketones (excluding diaryl/α,β-unsaturated/α-hetero) is 1. The molecule has 1 aliphatic carbocycles. The van der Waals surface area contributed by atoms with Crippen LogP contribution in [0.4, 0.5) is 0 Å². The molecule has 0 saturated heterocycles. The first kappa shape index (κ1) is 12.8. The SMILES string of the molecule is CCC1=NN=C(/C=C2\C(=O)Cc3ccc(OC)cc32)C1. The highest BCUT2D eigenvalue weighted by Crippen LogP contribution is 2.32. The van der Waals surface area contributed by atoms with Gasteiger partial charge in [0.1, 0.15) is 5.75 Å². The largest absolute Gasteiger partial charge is 0.497 e. The predicted molar refractivity (Wildman–Crippen MR) is 79.5 cm³/mol. The van der Waals surface area contributed by atoms with E-state index in [2.05, 4.69) is 17.1 Å². The second kappa shape index (κ2) is 5.04. The number of hydrogen-bond donors (Lipinski definition) is 0. The summed E-state index contributed by atoms with van der Waals surface area (Å²) < 4.78 is 5.24. The molecule has 0 amide bonds. The molecule has 20 heavy (non-hydrogen) atoms. The Labute approximate surface area is 117 Å². The summed E-state index contributed by atoms with van der Waals surface area (Å²) in [7, 11) is 1.63. The van der Waals surface area contributed by atoms with Crippen LogP contribution in [0.15, 0.2) is 34.5 Å². The van der Waals surface area contributed by atoms with Gasteiger partial charge in [0.2, 0.25) is 0 Å². The molecule has 0 saturated carbocycles. The van der Waals surface area contributed by atoms with Gasteiger partial charge in [-0.15, -0.1) is 0 Å². The van der Waals surface area contributed by atoms with Crippen molar-refractivity contribution in [3.8, 4) is 5.75 Å². The number of ketones is 1. The molecule has 1 heterocycles. The van der Waals surface area contributed by atoms with Crippen molar-refractivity contribution in [2.75, 3.05) is 7.11 Å². The van der Waals surface area contributed by atoms with Gasteiger partial charge in [-0.3, -0.25) is 4.79 Å². The van der Waals surface area contributed by atoms with E-state index < -0.39 is 0 Å². The smallest absolute Gasteiger partial charge is 0.167 e. The minimum atomic E-state index is 0.140. The third-order valence-electron chi connectivity index (χ3n) is 3.68. The predicted octanol–water partition coefficient (Wildman–Crippen LogP) is 2.81. The van der Waals surface area contributed by atoms with Gasteiger partial charge in [0.15, 0.2) is 5.78 Å². The monoisotopic (exact) mass is 268 g/mol. The molecule has 0 fully saturated rings. The van der Waals surface area contributed by atoms with Gasteiger partial charge in [-0.05, 0) is 35.8 Å². The van der Waals surface area contributed by atoms with E-state index in [-0.39, 0.29) is 5.78 Å². The molecule has 0 N–H and O–H groups in total. The van der Waals surface area contributed by atoms with Crippen LogP contribution in [0, 0.1) is 0 Å². The van der Waals surface area contributed by atoms with Gasteiger partial charge in [-0.1, -0.05) is 13.0 Å². The van der Waals surface area contributed by atoms with Crippen LogP contribution in [0.25, 0.3) is 5.57 Å². The number of methoxy groups -OCH3 is 1. The Bertz CT molecular complexity index is 669. The molecule has 102 valence electrons. The molecule has 0 spiro atoms. The Morgan fingerprint density at radius 1 is 1.30 bits per heavy atom. The zero-order valence-electron chi connectivity index (χ0n) is 11.6. The van der Waals surface area contributed by atoms with Crippen molar-refractivity contribution in [3.05, 3.63) is 35.4 Å². The summed E-state index contributed by atoms with van der Waals surface area (Å²) in [5.41, 5.74) is 4.67. The molecule has 0 aromatic heterocycles. The number of nitrogens with zero attached hydrogens (tertiary/aromatic N) is 2. The maximum Gasteiger partial charge on any atom is 0.167 e. The normalized spacial score (nSPS) is 19.1. The highest BCUT2D eigenvalue weighted by atomic mass is 16.5. The number of allylic oxidation sites excluding steroid dienone is 2. The van der Waals surface area contributed by atoms with Crippen LogP contribution in [0.1, 0.15) is 30.9 Å². The van der Waals surface area contributed by atoms with E-state index in [0.717, 1.165) is 46.7 Å². The van der Waals surface area contributed by atoms with Crippen molar-refractivity contribution in [1.29, 1.82) is 0 Å². The molecular formula is C16H16N2O2. The standard InChI is InChI=1S/C16H16N2O2/c1-3-11-7-12(18-17-11)8-15-14-9-13(20-2)5-4-10(14)6-16(15)19/h4-5,8-9H,3,6-7H2,1-2H3/b15-8-. The molecular weight excluding hydrogens is 252 g/mol. The van der Waals surface area contributed by atoms with E-state index in [9.17, 15) is 4.79 Å². The highest BCUT2D eigenvalue weighted by molar-refractivity contribution is 6.30. The summed E-state index contributed by atoms with van der Waals surface area (Å²) in [5, 5.41) is 8.26. The molecule has 4 heteroatoms. The Hall–Kier alpha value is -2.23. The van der Waals surface area contributed by atoms with Crippen molar-refractivity contribution >= 4 is 22.8 Å². The number of rotatable bonds is 3. The second-order valence-corrected chi connectivity index (χ2v) is 4.97. The van der Waals surface area contributed by atoms with Crippen LogP contribution >= 0.6 is 0 Å². The Balaban J connectivity index is 1.94. The molecule has 1 aromatic carbocycles. The Kier molecular flexibility index (Phi) is 3.22. The second-order valence-electron chi connectivity index (χ2n) is 4.97. The minimum absolute atomic E-state index is 0.140. The van der Waals surface area contributed by atoms with Crippen molar-refractivity contribution in [3.63, 3.8) is 0 Å². The number of hydrogen-bond acceptors (Lipinski definition) is 4. The van der Waals surface area contributed by atoms with E-state index in [4.69, 9.17) is 4.74 Å². The number of ether oxygens (including phenoxy) is 1. The van der Waals surface area contributed by atoms with Gasteiger partial charge in [-0.25, -0.2) is 0 Å². The fourth-order valence-electron chi connectivity index (χ4n) is 2.52. The molecule has 0 unspecified atom stereocenters. The van der Waals surface area contributed by atoms with Crippen LogP contribution in [0.3, 0.4) is 0 Å². The quantitative estimate of drug-likeness (QED) is 0.791. The van der Waals surface area contributed by atoms with E-state index in [1.54, 1.807) is 7.11 Å². The van der Waals surface area contributed by atoms with Gasteiger partial charge >= 0.3 is 0 Å². The maximum atomic E-state index is 12.2. The van der Waals surface area contributed by atoms with E-state index in [1.165, 1.54) is 0 Å². The van der Waals surface area contributed by atoms with E-state index in [0.29, 0.717) is 6.42 Å². The van der Waals surface area contributed by atoms with Gasteiger partial charge in [-0.2, -0.15) is 10.2 Å². The lowest BCUT2D eigenvalue weighted by Crippen LogP contribution is -2.01.